The summed E-state index contributed by atoms with van der Waals surface area (Å²) in [5.74, 6) is 3.85. The van der Waals surface area contributed by atoms with Crippen molar-refractivity contribution in [2.24, 2.45) is 40.4 Å². The third-order valence-corrected chi connectivity index (χ3v) is 10.3. The van der Waals surface area contributed by atoms with E-state index < -0.39 is 5.97 Å². The van der Waals surface area contributed by atoms with E-state index in [1.165, 1.54) is 45.6 Å². The molecule has 0 heterocycles. The van der Waals surface area contributed by atoms with Crippen molar-refractivity contribution >= 4 is 17.7 Å². The quantitative estimate of drug-likeness (QED) is 0.620. The maximum atomic E-state index is 12.1. The van der Waals surface area contributed by atoms with Crippen molar-refractivity contribution in [2.75, 3.05) is 13.7 Å². The Morgan fingerprint density at radius 1 is 1.03 bits per heavy atom. The summed E-state index contributed by atoms with van der Waals surface area (Å²) in [5.41, 5.74) is 0.797. The highest BCUT2D eigenvalue weighted by Gasteiger charge is 2.59. The summed E-state index contributed by atoms with van der Waals surface area (Å²) in [6.45, 7) is 5.03. The molecule has 0 aromatic heterocycles. The number of hydrogen-bond donors (Lipinski definition) is 1. The van der Waals surface area contributed by atoms with Crippen LogP contribution >= 0.6 is 0 Å². The number of esters is 1. The van der Waals surface area contributed by atoms with Crippen LogP contribution < -0.4 is 5.32 Å². The summed E-state index contributed by atoms with van der Waals surface area (Å²) >= 11 is 0. The van der Waals surface area contributed by atoms with Crippen molar-refractivity contribution in [1.29, 1.82) is 0 Å². The van der Waals surface area contributed by atoms with Crippen molar-refractivity contribution in [3.05, 3.63) is 0 Å². The van der Waals surface area contributed by atoms with Gasteiger partial charge >= 0.3 is 5.97 Å². The fraction of sp³-hybridized carbons (Fsp3) is 0.885. The SMILES string of the molecule is COC(=O)CNC(=O)CCCC1CCC2C3CCC4CC(=O)CCC4(C)C3CCC12C. The summed E-state index contributed by atoms with van der Waals surface area (Å²) in [6, 6.07) is 0. The third-order valence-electron chi connectivity index (χ3n) is 10.3. The van der Waals surface area contributed by atoms with E-state index in [-0.39, 0.29) is 12.5 Å². The molecule has 0 radical (unpaired) electrons. The molecule has 4 fully saturated rings. The lowest BCUT2D eigenvalue weighted by atomic mass is 9.44. The number of ketones is 1. The van der Waals surface area contributed by atoms with Crippen LogP contribution in [0.3, 0.4) is 0 Å². The molecule has 4 saturated carbocycles. The topological polar surface area (TPSA) is 72.5 Å². The van der Waals surface area contributed by atoms with Crippen LogP contribution in [0.15, 0.2) is 0 Å². The van der Waals surface area contributed by atoms with Gasteiger partial charge in [-0.1, -0.05) is 13.8 Å². The molecule has 5 nitrogen and oxygen atoms in total. The minimum atomic E-state index is -0.401. The van der Waals surface area contributed by atoms with E-state index in [4.69, 9.17) is 0 Å². The maximum Gasteiger partial charge on any atom is 0.325 e. The maximum absolute atomic E-state index is 12.1. The zero-order valence-electron chi connectivity index (χ0n) is 19.7. The minimum absolute atomic E-state index is 0.0347. The number of fused-ring (bicyclic) bond motifs is 5. The molecule has 1 amide bonds. The Kier molecular flexibility index (Phi) is 6.52. The van der Waals surface area contributed by atoms with Gasteiger partial charge in [-0.25, -0.2) is 0 Å². The molecule has 5 heteroatoms. The number of carbonyl (C=O) groups is 3. The number of carbonyl (C=O) groups excluding carboxylic acids is 3. The van der Waals surface area contributed by atoms with Gasteiger partial charge in [-0.15, -0.1) is 0 Å². The van der Waals surface area contributed by atoms with Crippen molar-refractivity contribution in [3.8, 4) is 0 Å². The number of nitrogens with one attached hydrogen (secondary N) is 1. The zero-order valence-corrected chi connectivity index (χ0v) is 19.7. The molecule has 0 spiro atoms. The summed E-state index contributed by atoms with van der Waals surface area (Å²) < 4.78 is 4.58. The van der Waals surface area contributed by atoms with Gasteiger partial charge in [0, 0.05) is 19.3 Å². The molecule has 174 valence electrons. The van der Waals surface area contributed by atoms with Crippen molar-refractivity contribution in [3.63, 3.8) is 0 Å². The van der Waals surface area contributed by atoms with Gasteiger partial charge in [-0.05, 0) is 98.2 Å². The van der Waals surface area contributed by atoms with Crippen molar-refractivity contribution < 1.29 is 19.1 Å². The second-order valence-corrected chi connectivity index (χ2v) is 11.5. The molecule has 0 aromatic rings. The number of methoxy groups -OCH3 is 1. The Morgan fingerprint density at radius 3 is 2.58 bits per heavy atom. The number of ether oxygens (including phenoxy) is 1. The zero-order chi connectivity index (χ0) is 22.2. The normalized spacial score (nSPS) is 41.6. The predicted octanol–water partition coefficient (Wildman–Crippen LogP) is 4.67. The molecule has 0 saturated heterocycles. The highest BCUT2D eigenvalue weighted by Crippen LogP contribution is 2.67. The number of hydrogen-bond acceptors (Lipinski definition) is 4. The number of amides is 1. The molecule has 4 aliphatic carbocycles. The molecule has 0 bridgehead atoms. The van der Waals surface area contributed by atoms with Gasteiger partial charge in [0.05, 0.1) is 7.11 Å². The van der Waals surface area contributed by atoms with Gasteiger partial charge in [-0.2, -0.15) is 0 Å². The third kappa shape index (κ3) is 4.18. The van der Waals surface area contributed by atoms with Crippen LogP contribution in [0.5, 0.6) is 0 Å². The van der Waals surface area contributed by atoms with E-state index in [1.807, 2.05) is 0 Å². The van der Waals surface area contributed by atoms with Crippen LogP contribution in [0, 0.1) is 40.4 Å². The summed E-state index contributed by atoms with van der Waals surface area (Å²) in [7, 11) is 1.33. The minimum Gasteiger partial charge on any atom is -0.468 e. The molecule has 4 rings (SSSR count). The standard InChI is InChI=1S/C26H41NO4/c1-25-14-12-22-20(9-7-18-15-19(28)11-13-26(18,22)2)21(25)10-8-17(25)5-4-6-23(29)27-16-24(30)31-3/h17-18,20-22H,4-16H2,1-3H3,(H,27,29). The van der Waals surface area contributed by atoms with E-state index in [0.29, 0.717) is 34.9 Å². The number of Topliss-reactive ketones (excluding diaryl/α,β-unsaturated/α-hetero) is 1. The van der Waals surface area contributed by atoms with E-state index in [1.54, 1.807) is 0 Å². The van der Waals surface area contributed by atoms with Gasteiger partial charge in [-0.3, -0.25) is 14.4 Å². The fourth-order valence-electron chi connectivity index (χ4n) is 8.47. The molecular formula is C26H41NO4. The first-order valence-electron chi connectivity index (χ1n) is 12.6. The Hall–Kier alpha value is -1.39. The van der Waals surface area contributed by atoms with Gasteiger partial charge in [0.1, 0.15) is 12.3 Å². The Balaban J connectivity index is 1.34. The molecule has 0 aromatic carbocycles. The molecule has 7 unspecified atom stereocenters. The van der Waals surface area contributed by atoms with Gasteiger partial charge in [0.2, 0.25) is 5.91 Å². The Morgan fingerprint density at radius 2 is 1.81 bits per heavy atom. The average molecular weight is 432 g/mol. The van der Waals surface area contributed by atoms with Crippen LogP contribution in [0.2, 0.25) is 0 Å². The lowest BCUT2D eigenvalue weighted by Gasteiger charge is -2.60. The van der Waals surface area contributed by atoms with Crippen molar-refractivity contribution in [1.82, 2.24) is 5.32 Å². The average Bonchev–Trinajstić information content (AvgIpc) is 3.09. The van der Waals surface area contributed by atoms with Crippen molar-refractivity contribution in [2.45, 2.75) is 90.9 Å². The molecule has 7 atom stereocenters. The highest BCUT2D eigenvalue weighted by atomic mass is 16.5. The van der Waals surface area contributed by atoms with E-state index in [9.17, 15) is 14.4 Å². The van der Waals surface area contributed by atoms with E-state index in [2.05, 4.69) is 23.9 Å². The van der Waals surface area contributed by atoms with E-state index in [0.717, 1.165) is 49.9 Å². The first kappa shape index (κ1) is 22.8. The van der Waals surface area contributed by atoms with Crippen LogP contribution in [0.1, 0.15) is 90.9 Å². The molecular weight excluding hydrogens is 390 g/mol. The first-order valence-corrected chi connectivity index (χ1v) is 12.6. The smallest absolute Gasteiger partial charge is 0.325 e. The van der Waals surface area contributed by atoms with E-state index >= 15 is 0 Å². The van der Waals surface area contributed by atoms with Gasteiger partial charge < -0.3 is 10.1 Å². The first-order chi connectivity index (χ1) is 14.8. The van der Waals surface area contributed by atoms with Crippen LogP contribution in [0.25, 0.3) is 0 Å². The monoisotopic (exact) mass is 431 g/mol. The van der Waals surface area contributed by atoms with Crippen LogP contribution in [-0.2, 0) is 19.1 Å². The molecule has 31 heavy (non-hydrogen) atoms. The summed E-state index contributed by atoms with van der Waals surface area (Å²) in [4.78, 5) is 35.3. The molecule has 4 aliphatic rings. The van der Waals surface area contributed by atoms with Crippen LogP contribution in [-0.4, -0.2) is 31.3 Å². The second-order valence-electron chi connectivity index (χ2n) is 11.5. The summed E-state index contributed by atoms with van der Waals surface area (Å²) in [6.07, 6.45) is 13.1. The largest absolute Gasteiger partial charge is 0.468 e. The molecule has 1 N–H and O–H groups in total. The van der Waals surface area contributed by atoms with Gasteiger partial charge in [0.25, 0.3) is 0 Å². The summed E-state index contributed by atoms with van der Waals surface area (Å²) in [5, 5.41) is 2.66. The second kappa shape index (κ2) is 8.86. The van der Waals surface area contributed by atoms with Crippen LogP contribution in [0.4, 0.5) is 0 Å². The fourth-order valence-corrected chi connectivity index (χ4v) is 8.47. The lowest BCUT2D eigenvalue weighted by Crippen LogP contribution is -2.53. The van der Waals surface area contributed by atoms with Gasteiger partial charge in [0.15, 0.2) is 0 Å². The molecule has 0 aliphatic heterocycles. The predicted molar refractivity (Wildman–Crippen MR) is 119 cm³/mol. The highest BCUT2D eigenvalue weighted by molar-refractivity contribution is 5.81. The Bertz CT molecular complexity index is 720. The Labute approximate surface area is 187 Å². The number of rotatable bonds is 6. The lowest BCUT2D eigenvalue weighted by molar-refractivity contribution is -0.141.